The summed E-state index contributed by atoms with van der Waals surface area (Å²) in [6.45, 7) is 3.76. The van der Waals surface area contributed by atoms with Crippen LogP contribution in [0.4, 0.5) is 5.13 Å². The molecule has 0 radical (unpaired) electrons. The number of hydrogen-bond donors (Lipinski definition) is 2. The summed E-state index contributed by atoms with van der Waals surface area (Å²) in [5, 5.41) is 20.4. The van der Waals surface area contributed by atoms with E-state index in [1.165, 1.54) is 24.5 Å². The van der Waals surface area contributed by atoms with Gasteiger partial charge in [-0.2, -0.15) is 0 Å². The number of pyridine rings is 1. The van der Waals surface area contributed by atoms with Crippen molar-refractivity contribution in [1.82, 2.24) is 15.2 Å². The third kappa shape index (κ3) is 4.05. The van der Waals surface area contributed by atoms with Crippen LogP contribution in [0.5, 0.6) is 17.4 Å². The molecule has 1 atom stereocenters. The second kappa shape index (κ2) is 9.04. The lowest BCUT2D eigenvalue weighted by Crippen LogP contribution is -2.38. The van der Waals surface area contributed by atoms with E-state index < -0.39 is 11.4 Å². The number of anilines is 1. The molecule has 5 rings (SSSR count). The molecule has 2 N–H and O–H groups in total. The molecule has 0 spiro atoms. The number of amides is 1. The Hall–Kier alpha value is -4.31. The quantitative estimate of drug-likeness (QED) is 0.368. The molecular weight excluding hydrogens is 480 g/mol. The number of carbonyl (C=O) groups excluding carboxylic acids is 1. The molecule has 10 heteroatoms. The summed E-state index contributed by atoms with van der Waals surface area (Å²) in [6.07, 6.45) is 0. The SMILES string of the molecule is COc1cc(-c2ccc3c(n2)Oc2ccccc2[C@@H]3C(C)(C)C(=O)Nc2nncs2)ccc1C(=O)O. The Balaban J connectivity index is 1.58. The number of carboxylic acid groups (broad SMARTS) is 1. The Bertz CT molecular complexity index is 1470. The molecule has 1 amide bonds. The largest absolute Gasteiger partial charge is 0.496 e. The molecule has 182 valence electrons. The van der Waals surface area contributed by atoms with Gasteiger partial charge >= 0.3 is 5.97 Å². The third-order valence-corrected chi connectivity index (χ3v) is 6.86. The normalized spacial score (nSPS) is 14.2. The number of benzene rings is 2. The molecule has 36 heavy (non-hydrogen) atoms. The Morgan fingerprint density at radius 1 is 1.11 bits per heavy atom. The summed E-state index contributed by atoms with van der Waals surface area (Å²) in [7, 11) is 1.42. The number of aromatic carboxylic acids is 1. The lowest BCUT2D eigenvalue weighted by atomic mass is 9.69. The molecule has 0 saturated carbocycles. The molecule has 0 saturated heterocycles. The Morgan fingerprint density at radius 3 is 2.64 bits per heavy atom. The third-order valence-electron chi connectivity index (χ3n) is 6.25. The summed E-state index contributed by atoms with van der Waals surface area (Å²) in [4.78, 5) is 29.6. The van der Waals surface area contributed by atoms with Gasteiger partial charge in [0, 0.05) is 22.6 Å². The minimum atomic E-state index is -1.08. The average molecular weight is 503 g/mol. The first kappa shape index (κ1) is 23.4. The van der Waals surface area contributed by atoms with Crippen LogP contribution in [0, 0.1) is 5.41 Å². The van der Waals surface area contributed by atoms with Crippen LogP contribution in [0.1, 0.15) is 41.3 Å². The van der Waals surface area contributed by atoms with E-state index in [2.05, 4.69) is 15.5 Å². The maximum absolute atomic E-state index is 13.4. The second-order valence-corrected chi connectivity index (χ2v) is 9.64. The Kier molecular flexibility index (Phi) is 5.89. The van der Waals surface area contributed by atoms with Gasteiger partial charge in [0.05, 0.1) is 18.2 Å². The molecular formula is C26H22N4O5S. The highest BCUT2D eigenvalue weighted by Gasteiger charge is 2.44. The zero-order valence-electron chi connectivity index (χ0n) is 19.7. The van der Waals surface area contributed by atoms with Gasteiger partial charge in [-0.25, -0.2) is 9.78 Å². The van der Waals surface area contributed by atoms with Gasteiger partial charge < -0.3 is 19.9 Å². The number of carboxylic acids is 1. The zero-order valence-corrected chi connectivity index (χ0v) is 20.5. The molecule has 3 heterocycles. The fourth-order valence-corrected chi connectivity index (χ4v) is 4.86. The Morgan fingerprint density at radius 2 is 1.92 bits per heavy atom. The van der Waals surface area contributed by atoms with Crippen molar-refractivity contribution in [3.63, 3.8) is 0 Å². The van der Waals surface area contributed by atoms with Crippen molar-refractivity contribution in [3.8, 4) is 28.6 Å². The predicted molar refractivity (Wildman–Crippen MR) is 134 cm³/mol. The predicted octanol–water partition coefficient (Wildman–Crippen LogP) is 5.21. The van der Waals surface area contributed by atoms with Crippen LogP contribution >= 0.6 is 11.3 Å². The summed E-state index contributed by atoms with van der Waals surface area (Å²) in [6, 6.07) is 16.1. The number of carbonyl (C=O) groups is 2. The number of rotatable bonds is 6. The minimum absolute atomic E-state index is 0.0626. The summed E-state index contributed by atoms with van der Waals surface area (Å²) in [5.41, 5.74) is 3.63. The van der Waals surface area contributed by atoms with Gasteiger partial charge in [0.15, 0.2) is 0 Å². The second-order valence-electron chi connectivity index (χ2n) is 8.80. The number of nitrogens with one attached hydrogen (secondary N) is 1. The Labute approximate surface area is 210 Å². The average Bonchev–Trinajstić information content (AvgIpc) is 3.39. The van der Waals surface area contributed by atoms with E-state index in [1.807, 2.05) is 50.2 Å². The lowest BCUT2D eigenvalue weighted by Gasteiger charge is -2.37. The zero-order chi connectivity index (χ0) is 25.4. The van der Waals surface area contributed by atoms with Crippen molar-refractivity contribution in [2.45, 2.75) is 19.8 Å². The van der Waals surface area contributed by atoms with Crippen molar-refractivity contribution < 1.29 is 24.2 Å². The van der Waals surface area contributed by atoms with E-state index in [0.29, 0.717) is 28.0 Å². The number of para-hydroxylation sites is 1. The molecule has 2 aromatic heterocycles. The standard InChI is InChI=1S/C26H22N4O5S/c1-26(2,24(33)29-25-30-27-13-36-25)21-15-6-4-5-7-19(15)35-22-17(21)10-11-18(28-22)14-8-9-16(23(31)32)20(12-14)34-3/h4-13,21H,1-3H3,(H,31,32)(H,29,30,33)/t21-/m0/s1. The van der Waals surface area contributed by atoms with Crippen LogP contribution < -0.4 is 14.8 Å². The van der Waals surface area contributed by atoms with Crippen LogP contribution in [-0.2, 0) is 4.79 Å². The summed E-state index contributed by atoms with van der Waals surface area (Å²) < 4.78 is 11.4. The molecule has 0 aliphatic carbocycles. The lowest BCUT2D eigenvalue weighted by molar-refractivity contribution is -0.124. The molecule has 0 bridgehead atoms. The van der Waals surface area contributed by atoms with E-state index in [9.17, 15) is 14.7 Å². The highest BCUT2D eigenvalue weighted by molar-refractivity contribution is 7.13. The molecule has 4 aromatic rings. The van der Waals surface area contributed by atoms with Gasteiger partial charge in [0.2, 0.25) is 16.9 Å². The van der Waals surface area contributed by atoms with E-state index in [-0.39, 0.29) is 23.1 Å². The smallest absolute Gasteiger partial charge is 0.339 e. The number of ether oxygens (including phenoxy) is 2. The van der Waals surface area contributed by atoms with Crippen LogP contribution in [0.15, 0.2) is 60.1 Å². The summed E-state index contributed by atoms with van der Waals surface area (Å²) >= 11 is 1.25. The van der Waals surface area contributed by atoms with Gasteiger partial charge in [0.25, 0.3) is 0 Å². The van der Waals surface area contributed by atoms with Gasteiger partial charge in [-0.1, -0.05) is 55.5 Å². The first-order valence-electron chi connectivity index (χ1n) is 11.1. The van der Waals surface area contributed by atoms with Gasteiger partial charge in [-0.05, 0) is 24.3 Å². The van der Waals surface area contributed by atoms with Crippen LogP contribution in [0.25, 0.3) is 11.3 Å². The topological polar surface area (TPSA) is 124 Å². The van der Waals surface area contributed by atoms with E-state index >= 15 is 0 Å². The number of hydrogen-bond acceptors (Lipinski definition) is 8. The van der Waals surface area contributed by atoms with Crippen molar-refractivity contribution in [3.05, 3.63) is 76.8 Å². The van der Waals surface area contributed by atoms with Gasteiger partial charge in [-0.3, -0.25) is 4.79 Å². The van der Waals surface area contributed by atoms with Gasteiger partial charge in [-0.15, -0.1) is 10.2 Å². The van der Waals surface area contributed by atoms with Gasteiger partial charge in [0.1, 0.15) is 22.6 Å². The van der Waals surface area contributed by atoms with Crippen molar-refractivity contribution >= 4 is 28.3 Å². The summed E-state index contributed by atoms with van der Waals surface area (Å²) in [5.74, 6) is -0.392. The fraction of sp³-hybridized carbons (Fsp3) is 0.192. The highest BCUT2D eigenvalue weighted by Crippen LogP contribution is 2.52. The number of aromatic nitrogens is 3. The molecule has 1 aliphatic heterocycles. The van der Waals surface area contributed by atoms with Crippen molar-refractivity contribution in [2.75, 3.05) is 12.4 Å². The van der Waals surface area contributed by atoms with E-state index in [1.54, 1.807) is 17.6 Å². The number of nitrogens with zero attached hydrogens (tertiary/aromatic N) is 3. The van der Waals surface area contributed by atoms with Crippen LogP contribution in [-0.4, -0.2) is 39.3 Å². The number of fused-ring (bicyclic) bond motifs is 2. The van der Waals surface area contributed by atoms with Crippen molar-refractivity contribution in [1.29, 1.82) is 0 Å². The minimum Gasteiger partial charge on any atom is -0.496 e. The monoisotopic (exact) mass is 502 g/mol. The fourth-order valence-electron chi connectivity index (χ4n) is 4.42. The van der Waals surface area contributed by atoms with E-state index in [4.69, 9.17) is 14.5 Å². The van der Waals surface area contributed by atoms with Crippen LogP contribution in [0.2, 0.25) is 0 Å². The highest BCUT2D eigenvalue weighted by atomic mass is 32.1. The maximum Gasteiger partial charge on any atom is 0.339 e. The molecule has 0 unspecified atom stereocenters. The number of methoxy groups -OCH3 is 1. The molecule has 1 aliphatic rings. The molecule has 2 aromatic carbocycles. The van der Waals surface area contributed by atoms with Crippen LogP contribution in [0.3, 0.4) is 0 Å². The van der Waals surface area contributed by atoms with Crippen molar-refractivity contribution in [2.24, 2.45) is 5.41 Å². The first-order valence-corrected chi connectivity index (χ1v) is 11.9. The van der Waals surface area contributed by atoms with E-state index in [0.717, 1.165) is 11.1 Å². The maximum atomic E-state index is 13.4. The molecule has 0 fully saturated rings. The first-order chi connectivity index (χ1) is 17.3. The molecule has 9 nitrogen and oxygen atoms in total.